The minimum atomic E-state index is -0.163. The number of halogens is 2. The number of ether oxygens (including phenoxy) is 1. The molecule has 1 heterocycles. The van der Waals surface area contributed by atoms with E-state index in [1.165, 1.54) is 6.07 Å². The molecule has 0 atom stereocenters. The number of piperidine rings is 1. The molecule has 0 aromatic heterocycles. The second-order valence-corrected chi connectivity index (χ2v) is 7.20. The first-order valence-corrected chi connectivity index (χ1v) is 9.56. The van der Waals surface area contributed by atoms with Gasteiger partial charge in [-0.3, -0.25) is 9.69 Å². The van der Waals surface area contributed by atoms with Crippen molar-refractivity contribution in [3.8, 4) is 0 Å². The van der Waals surface area contributed by atoms with Crippen LogP contribution in [0.25, 0.3) is 0 Å². The van der Waals surface area contributed by atoms with Gasteiger partial charge in [0.05, 0.1) is 6.61 Å². The van der Waals surface area contributed by atoms with Crippen LogP contribution in [0.3, 0.4) is 0 Å². The number of benzene rings is 2. The number of hydrogen-bond donors (Lipinski definition) is 1. The van der Waals surface area contributed by atoms with E-state index in [0.717, 1.165) is 31.5 Å². The summed E-state index contributed by atoms with van der Waals surface area (Å²) in [5.74, 6) is -0.279. The van der Waals surface area contributed by atoms with E-state index in [4.69, 9.17) is 16.3 Å². The van der Waals surface area contributed by atoms with Gasteiger partial charge in [0.2, 0.25) is 5.91 Å². The lowest BCUT2D eigenvalue weighted by Gasteiger charge is -2.32. The first-order valence-electron chi connectivity index (χ1n) is 9.18. The fourth-order valence-corrected chi connectivity index (χ4v) is 3.43. The van der Waals surface area contributed by atoms with Crippen LogP contribution in [-0.2, 0) is 22.7 Å². The molecule has 0 bridgehead atoms. The minimum absolute atomic E-state index is 0.0145. The topological polar surface area (TPSA) is 41.6 Å². The molecular weight excluding hydrogens is 367 g/mol. The third kappa shape index (κ3) is 6.03. The SMILES string of the molecule is O=C(COCc1ccccc1Cl)NC1CCN(Cc2ccccc2F)CC1. The molecule has 4 nitrogen and oxygen atoms in total. The van der Waals surface area contributed by atoms with E-state index in [1.54, 1.807) is 12.1 Å². The average molecular weight is 391 g/mol. The zero-order chi connectivity index (χ0) is 19.1. The second-order valence-electron chi connectivity index (χ2n) is 6.79. The molecule has 1 saturated heterocycles. The number of nitrogens with one attached hydrogen (secondary N) is 1. The molecule has 0 radical (unpaired) electrons. The summed E-state index contributed by atoms with van der Waals surface area (Å²) in [6.45, 7) is 2.60. The molecule has 1 amide bonds. The summed E-state index contributed by atoms with van der Waals surface area (Å²) < 4.78 is 19.2. The van der Waals surface area contributed by atoms with Crippen molar-refractivity contribution in [2.24, 2.45) is 0 Å². The lowest BCUT2D eigenvalue weighted by Crippen LogP contribution is -2.45. The predicted molar refractivity (Wildman–Crippen MR) is 104 cm³/mol. The normalized spacial score (nSPS) is 15.6. The number of hydrogen-bond acceptors (Lipinski definition) is 3. The second kappa shape index (κ2) is 9.83. The van der Waals surface area contributed by atoms with Crippen molar-refractivity contribution in [1.82, 2.24) is 10.2 Å². The Balaban J connectivity index is 1.35. The highest BCUT2D eigenvalue weighted by Gasteiger charge is 2.21. The van der Waals surface area contributed by atoms with Gasteiger partial charge in [0, 0.05) is 36.3 Å². The number of carbonyl (C=O) groups is 1. The zero-order valence-corrected chi connectivity index (χ0v) is 15.9. The van der Waals surface area contributed by atoms with E-state index in [0.29, 0.717) is 23.7 Å². The Bertz CT molecular complexity index is 763. The Morgan fingerprint density at radius 2 is 1.78 bits per heavy atom. The van der Waals surface area contributed by atoms with Crippen LogP contribution < -0.4 is 5.32 Å². The van der Waals surface area contributed by atoms with Gasteiger partial charge >= 0.3 is 0 Å². The largest absolute Gasteiger partial charge is 0.367 e. The summed E-state index contributed by atoms with van der Waals surface area (Å²) in [5.41, 5.74) is 1.58. The van der Waals surface area contributed by atoms with Gasteiger partial charge in [0.1, 0.15) is 12.4 Å². The Morgan fingerprint density at radius 3 is 2.48 bits per heavy atom. The molecule has 27 heavy (non-hydrogen) atoms. The van der Waals surface area contributed by atoms with Gasteiger partial charge in [-0.15, -0.1) is 0 Å². The first kappa shape index (κ1) is 19.8. The molecule has 0 aliphatic carbocycles. The van der Waals surface area contributed by atoms with E-state index >= 15 is 0 Å². The molecule has 0 spiro atoms. The van der Waals surface area contributed by atoms with Gasteiger partial charge in [-0.2, -0.15) is 0 Å². The molecule has 2 aromatic rings. The Kier molecular flexibility index (Phi) is 7.21. The maximum Gasteiger partial charge on any atom is 0.246 e. The highest BCUT2D eigenvalue weighted by Crippen LogP contribution is 2.17. The first-order chi connectivity index (χ1) is 13.1. The number of likely N-dealkylation sites (tertiary alicyclic amines) is 1. The van der Waals surface area contributed by atoms with Crippen molar-refractivity contribution in [2.45, 2.75) is 32.0 Å². The van der Waals surface area contributed by atoms with Crippen LogP contribution in [0.4, 0.5) is 4.39 Å². The molecule has 2 aromatic carbocycles. The Hall–Kier alpha value is -1.95. The van der Waals surface area contributed by atoms with Crippen molar-refractivity contribution in [2.75, 3.05) is 19.7 Å². The summed E-state index contributed by atoms with van der Waals surface area (Å²) in [7, 11) is 0. The molecule has 144 valence electrons. The van der Waals surface area contributed by atoms with Crippen LogP contribution in [-0.4, -0.2) is 36.5 Å². The molecule has 0 unspecified atom stereocenters. The van der Waals surface area contributed by atoms with Gasteiger partial charge < -0.3 is 10.1 Å². The minimum Gasteiger partial charge on any atom is -0.367 e. The van der Waals surface area contributed by atoms with Crippen LogP contribution in [0, 0.1) is 5.82 Å². The van der Waals surface area contributed by atoms with Gasteiger partial charge in [-0.25, -0.2) is 4.39 Å². The van der Waals surface area contributed by atoms with Crippen molar-refractivity contribution >= 4 is 17.5 Å². The molecule has 3 rings (SSSR count). The van der Waals surface area contributed by atoms with E-state index in [1.807, 2.05) is 30.3 Å². The highest BCUT2D eigenvalue weighted by molar-refractivity contribution is 6.31. The highest BCUT2D eigenvalue weighted by atomic mass is 35.5. The van der Waals surface area contributed by atoms with Gasteiger partial charge in [-0.1, -0.05) is 48.0 Å². The van der Waals surface area contributed by atoms with Crippen molar-refractivity contribution in [1.29, 1.82) is 0 Å². The van der Waals surface area contributed by atoms with E-state index < -0.39 is 0 Å². The van der Waals surface area contributed by atoms with Crippen molar-refractivity contribution in [3.05, 3.63) is 70.5 Å². The summed E-state index contributed by atoms with van der Waals surface area (Å²) in [4.78, 5) is 14.3. The number of rotatable bonds is 7. The zero-order valence-electron chi connectivity index (χ0n) is 15.2. The molecule has 1 N–H and O–H groups in total. The number of nitrogens with zero attached hydrogens (tertiary/aromatic N) is 1. The molecular formula is C21H24ClFN2O2. The third-order valence-electron chi connectivity index (χ3n) is 4.75. The lowest BCUT2D eigenvalue weighted by molar-refractivity contribution is -0.127. The van der Waals surface area contributed by atoms with Gasteiger partial charge in [-0.05, 0) is 30.5 Å². The quantitative estimate of drug-likeness (QED) is 0.782. The lowest BCUT2D eigenvalue weighted by atomic mass is 10.0. The third-order valence-corrected chi connectivity index (χ3v) is 5.12. The standard InChI is InChI=1S/C21H24ClFN2O2/c22-19-7-3-1-6-17(19)14-27-15-21(26)24-18-9-11-25(12-10-18)13-16-5-2-4-8-20(16)23/h1-8,18H,9-15H2,(H,24,26). The summed E-state index contributed by atoms with van der Waals surface area (Å²) in [5, 5.41) is 3.66. The van der Waals surface area contributed by atoms with E-state index in [2.05, 4.69) is 10.2 Å². The summed E-state index contributed by atoms with van der Waals surface area (Å²) in [6.07, 6.45) is 1.70. The molecule has 6 heteroatoms. The van der Waals surface area contributed by atoms with Crippen LogP contribution >= 0.6 is 11.6 Å². The van der Waals surface area contributed by atoms with Crippen molar-refractivity contribution in [3.63, 3.8) is 0 Å². The Labute approximate surface area is 164 Å². The molecule has 0 saturated carbocycles. The maximum absolute atomic E-state index is 13.8. The monoisotopic (exact) mass is 390 g/mol. The smallest absolute Gasteiger partial charge is 0.246 e. The van der Waals surface area contributed by atoms with Crippen LogP contribution in [0.1, 0.15) is 24.0 Å². The van der Waals surface area contributed by atoms with E-state index in [-0.39, 0.29) is 24.4 Å². The van der Waals surface area contributed by atoms with Crippen molar-refractivity contribution < 1.29 is 13.9 Å². The summed E-state index contributed by atoms with van der Waals surface area (Å²) >= 11 is 6.07. The number of carbonyl (C=O) groups excluding carboxylic acids is 1. The van der Waals surface area contributed by atoms with Crippen LogP contribution in [0.2, 0.25) is 5.02 Å². The van der Waals surface area contributed by atoms with Crippen LogP contribution in [0.5, 0.6) is 0 Å². The molecule has 1 fully saturated rings. The maximum atomic E-state index is 13.8. The fourth-order valence-electron chi connectivity index (χ4n) is 3.24. The number of amides is 1. The Morgan fingerprint density at radius 1 is 1.11 bits per heavy atom. The van der Waals surface area contributed by atoms with Gasteiger partial charge in [0.15, 0.2) is 0 Å². The molecule has 1 aliphatic rings. The van der Waals surface area contributed by atoms with Gasteiger partial charge in [0.25, 0.3) is 0 Å². The fraction of sp³-hybridized carbons (Fsp3) is 0.381. The summed E-state index contributed by atoms with van der Waals surface area (Å²) in [6, 6.07) is 14.4. The molecule has 1 aliphatic heterocycles. The predicted octanol–water partition coefficient (Wildman–Crippen LogP) is 3.78. The van der Waals surface area contributed by atoms with E-state index in [9.17, 15) is 9.18 Å². The van der Waals surface area contributed by atoms with Crippen LogP contribution in [0.15, 0.2) is 48.5 Å². The average Bonchev–Trinajstić information content (AvgIpc) is 2.67.